The van der Waals surface area contributed by atoms with E-state index in [1.54, 1.807) is 0 Å². The van der Waals surface area contributed by atoms with Crippen molar-refractivity contribution in [3.05, 3.63) is 12.2 Å². The lowest BCUT2D eigenvalue weighted by atomic mass is 9.70. The van der Waals surface area contributed by atoms with Crippen LogP contribution in [0.2, 0.25) is 0 Å². The quantitative estimate of drug-likeness (QED) is 0.697. The van der Waals surface area contributed by atoms with Gasteiger partial charge in [-0.05, 0) is 49.9 Å². The van der Waals surface area contributed by atoms with E-state index in [1.807, 2.05) is 0 Å². The molecule has 0 radical (unpaired) electrons. The zero-order valence-electron chi connectivity index (χ0n) is 11.1. The Balaban J connectivity index is 1.84. The predicted molar refractivity (Wildman–Crippen MR) is 70.5 cm³/mol. The average molecular weight is 221 g/mol. The summed E-state index contributed by atoms with van der Waals surface area (Å²) in [4.78, 5) is 0. The van der Waals surface area contributed by atoms with E-state index < -0.39 is 0 Å². The van der Waals surface area contributed by atoms with Crippen molar-refractivity contribution in [1.82, 2.24) is 5.32 Å². The van der Waals surface area contributed by atoms with Crippen molar-refractivity contribution in [3.8, 4) is 0 Å². The summed E-state index contributed by atoms with van der Waals surface area (Å²) >= 11 is 0. The van der Waals surface area contributed by atoms with Gasteiger partial charge in [-0.15, -0.1) is 0 Å². The lowest BCUT2D eigenvalue weighted by Crippen LogP contribution is -2.46. The summed E-state index contributed by atoms with van der Waals surface area (Å²) in [5.41, 5.74) is 0.573. The maximum atomic E-state index is 3.89. The molecule has 0 aliphatic heterocycles. The number of rotatable bonds is 2. The van der Waals surface area contributed by atoms with Gasteiger partial charge in [0, 0.05) is 12.1 Å². The van der Waals surface area contributed by atoms with Crippen LogP contribution in [-0.2, 0) is 0 Å². The fraction of sp³-hybridized carbons (Fsp3) is 0.867. The highest BCUT2D eigenvalue weighted by Gasteiger charge is 2.32. The van der Waals surface area contributed by atoms with Gasteiger partial charge in [0.2, 0.25) is 0 Å². The van der Waals surface area contributed by atoms with Crippen molar-refractivity contribution in [2.75, 3.05) is 0 Å². The number of hydrogen-bond donors (Lipinski definition) is 1. The molecular weight excluding hydrogens is 194 g/mol. The molecule has 2 aliphatic carbocycles. The van der Waals surface area contributed by atoms with Crippen molar-refractivity contribution in [3.63, 3.8) is 0 Å². The van der Waals surface area contributed by atoms with Crippen LogP contribution in [0.25, 0.3) is 0 Å². The van der Waals surface area contributed by atoms with Gasteiger partial charge in [0.25, 0.3) is 0 Å². The normalized spacial score (nSPS) is 38.6. The molecule has 92 valence electrons. The minimum Gasteiger partial charge on any atom is -0.311 e. The van der Waals surface area contributed by atoms with Gasteiger partial charge in [0.15, 0.2) is 0 Å². The van der Waals surface area contributed by atoms with Crippen LogP contribution in [0.5, 0.6) is 0 Å². The first-order valence-corrected chi connectivity index (χ1v) is 6.98. The van der Waals surface area contributed by atoms with Gasteiger partial charge in [-0.3, -0.25) is 0 Å². The highest BCUT2D eigenvalue weighted by molar-refractivity contribution is 4.96. The van der Waals surface area contributed by atoms with E-state index in [1.165, 1.54) is 38.5 Å². The second-order valence-electron chi connectivity index (χ2n) is 6.64. The molecule has 3 atom stereocenters. The third-order valence-corrected chi connectivity index (χ3v) is 4.41. The monoisotopic (exact) mass is 221 g/mol. The van der Waals surface area contributed by atoms with E-state index in [0.717, 1.165) is 18.0 Å². The summed E-state index contributed by atoms with van der Waals surface area (Å²) in [7, 11) is 0. The Morgan fingerprint density at radius 3 is 2.62 bits per heavy atom. The zero-order chi connectivity index (χ0) is 11.6. The van der Waals surface area contributed by atoms with Crippen LogP contribution in [0.3, 0.4) is 0 Å². The molecule has 3 unspecified atom stereocenters. The van der Waals surface area contributed by atoms with Crippen molar-refractivity contribution < 1.29 is 0 Å². The lowest BCUT2D eigenvalue weighted by molar-refractivity contribution is 0.140. The molecule has 1 saturated carbocycles. The highest BCUT2D eigenvalue weighted by Crippen LogP contribution is 2.38. The van der Waals surface area contributed by atoms with Crippen molar-refractivity contribution in [1.29, 1.82) is 0 Å². The Kier molecular flexibility index (Phi) is 3.73. The molecule has 2 rings (SSSR count). The first kappa shape index (κ1) is 12.2. The molecule has 1 N–H and O–H groups in total. The second kappa shape index (κ2) is 4.91. The Hall–Kier alpha value is -0.300. The molecule has 1 fully saturated rings. The lowest BCUT2D eigenvalue weighted by Gasteiger charge is -2.41. The smallest absolute Gasteiger partial charge is 0.0107 e. The number of hydrogen-bond acceptors (Lipinski definition) is 1. The second-order valence-corrected chi connectivity index (χ2v) is 6.64. The van der Waals surface area contributed by atoms with E-state index in [-0.39, 0.29) is 0 Å². The van der Waals surface area contributed by atoms with Crippen LogP contribution in [-0.4, -0.2) is 12.1 Å². The summed E-state index contributed by atoms with van der Waals surface area (Å²) in [5.74, 6) is 0.842. The summed E-state index contributed by atoms with van der Waals surface area (Å²) in [5, 5.41) is 3.89. The van der Waals surface area contributed by atoms with Crippen LogP contribution in [0.15, 0.2) is 12.2 Å². The zero-order valence-corrected chi connectivity index (χ0v) is 11.1. The van der Waals surface area contributed by atoms with E-state index in [0.29, 0.717) is 5.41 Å². The molecule has 0 heterocycles. The SMILES string of the molecule is CC1CC(C)(C)CCC1NC1CC=CCC1. The minimum absolute atomic E-state index is 0.573. The first-order valence-electron chi connectivity index (χ1n) is 6.98. The van der Waals surface area contributed by atoms with Crippen molar-refractivity contribution >= 4 is 0 Å². The average Bonchev–Trinajstić information content (AvgIpc) is 2.23. The first-order chi connectivity index (χ1) is 7.57. The molecule has 1 heteroatoms. The Labute approximate surface area is 101 Å². The molecule has 0 spiro atoms. The van der Waals surface area contributed by atoms with Gasteiger partial charge < -0.3 is 5.32 Å². The van der Waals surface area contributed by atoms with E-state index in [4.69, 9.17) is 0 Å². The predicted octanol–water partition coefficient (Wildman–Crippen LogP) is 3.90. The minimum atomic E-state index is 0.573. The van der Waals surface area contributed by atoms with Crippen LogP contribution in [0.4, 0.5) is 0 Å². The van der Waals surface area contributed by atoms with E-state index in [2.05, 4.69) is 38.2 Å². The molecule has 0 aromatic rings. The van der Waals surface area contributed by atoms with Gasteiger partial charge >= 0.3 is 0 Å². The summed E-state index contributed by atoms with van der Waals surface area (Å²) in [6, 6.07) is 1.52. The van der Waals surface area contributed by atoms with Gasteiger partial charge in [0.1, 0.15) is 0 Å². The molecule has 0 amide bonds. The molecule has 16 heavy (non-hydrogen) atoms. The van der Waals surface area contributed by atoms with Gasteiger partial charge in [-0.25, -0.2) is 0 Å². The summed E-state index contributed by atoms with van der Waals surface area (Å²) < 4.78 is 0. The third kappa shape index (κ3) is 3.10. The van der Waals surface area contributed by atoms with Gasteiger partial charge in [-0.1, -0.05) is 32.9 Å². The maximum absolute atomic E-state index is 3.89. The molecular formula is C15H27N. The summed E-state index contributed by atoms with van der Waals surface area (Å²) in [6.07, 6.45) is 12.7. The summed E-state index contributed by atoms with van der Waals surface area (Å²) in [6.45, 7) is 7.27. The number of allylic oxidation sites excluding steroid dienone is 1. The largest absolute Gasteiger partial charge is 0.311 e. The standard InChI is InChI=1S/C15H27N/c1-12-11-15(2,3)10-9-14(12)16-13-7-5-4-6-8-13/h4-5,12-14,16H,6-11H2,1-3H3. The Morgan fingerprint density at radius 2 is 2.00 bits per heavy atom. The van der Waals surface area contributed by atoms with E-state index >= 15 is 0 Å². The van der Waals surface area contributed by atoms with Gasteiger partial charge in [0.05, 0.1) is 0 Å². The van der Waals surface area contributed by atoms with Crippen molar-refractivity contribution in [2.45, 2.75) is 71.4 Å². The van der Waals surface area contributed by atoms with Gasteiger partial charge in [-0.2, -0.15) is 0 Å². The number of nitrogens with one attached hydrogen (secondary N) is 1. The third-order valence-electron chi connectivity index (χ3n) is 4.41. The van der Waals surface area contributed by atoms with E-state index in [9.17, 15) is 0 Å². The molecule has 1 nitrogen and oxygen atoms in total. The van der Waals surface area contributed by atoms with Crippen LogP contribution in [0.1, 0.15) is 59.3 Å². The van der Waals surface area contributed by atoms with Crippen LogP contribution >= 0.6 is 0 Å². The molecule has 2 aliphatic rings. The molecule has 0 aromatic carbocycles. The topological polar surface area (TPSA) is 12.0 Å². The van der Waals surface area contributed by atoms with Crippen LogP contribution < -0.4 is 5.32 Å². The molecule has 0 aromatic heterocycles. The Bertz CT molecular complexity index is 254. The Morgan fingerprint density at radius 1 is 1.19 bits per heavy atom. The molecule has 0 saturated heterocycles. The van der Waals surface area contributed by atoms with Crippen LogP contribution in [0, 0.1) is 11.3 Å². The fourth-order valence-electron chi connectivity index (χ4n) is 3.44. The van der Waals surface area contributed by atoms with Crippen molar-refractivity contribution in [2.24, 2.45) is 11.3 Å². The highest BCUT2D eigenvalue weighted by atomic mass is 15.0. The molecule has 0 bridgehead atoms. The fourth-order valence-corrected chi connectivity index (χ4v) is 3.44. The maximum Gasteiger partial charge on any atom is 0.0107 e.